The van der Waals surface area contributed by atoms with Gasteiger partial charge in [0.25, 0.3) is 0 Å². The van der Waals surface area contributed by atoms with Crippen molar-refractivity contribution in [2.24, 2.45) is 0 Å². The van der Waals surface area contributed by atoms with Crippen molar-refractivity contribution in [1.29, 1.82) is 0 Å². The van der Waals surface area contributed by atoms with Crippen LogP contribution in [0, 0.1) is 6.92 Å². The third kappa shape index (κ3) is 4.50. The second-order valence-corrected chi connectivity index (χ2v) is 12.9. The molecule has 234 valence electrons. The highest BCUT2D eigenvalue weighted by Gasteiger charge is 2.17. The second kappa shape index (κ2) is 11.2. The molecule has 0 radical (unpaired) electrons. The van der Waals surface area contributed by atoms with Crippen molar-refractivity contribution < 1.29 is 0 Å². The molecular weight excluding hydrogens is 609 g/mol. The van der Waals surface area contributed by atoms with E-state index in [2.05, 4.69) is 175 Å². The summed E-state index contributed by atoms with van der Waals surface area (Å²) in [5.41, 5.74) is 7.39. The Morgan fingerprint density at radius 2 is 0.780 bits per heavy atom. The van der Waals surface area contributed by atoms with E-state index in [1.807, 2.05) is 0 Å². The molecule has 0 N–H and O–H groups in total. The van der Waals surface area contributed by atoms with Gasteiger partial charge in [0.15, 0.2) is 17.5 Å². The second-order valence-electron chi connectivity index (χ2n) is 12.9. The lowest BCUT2D eigenvalue weighted by Gasteiger charge is -2.13. The van der Waals surface area contributed by atoms with Gasteiger partial charge in [0.1, 0.15) is 0 Å². The molecule has 0 amide bonds. The van der Waals surface area contributed by atoms with Crippen LogP contribution in [-0.4, -0.2) is 19.5 Å². The van der Waals surface area contributed by atoms with Gasteiger partial charge in [-0.1, -0.05) is 133 Å². The van der Waals surface area contributed by atoms with Crippen LogP contribution in [0.1, 0.15) is 5.56 Å². The zero-order valence-electron chi connectivity index (χ0n) is 27.4. The molecular formula is C46H30N4. The number of para-hydroxylation sites is 2. The molecule has 0 unspecified atom stereocenters. The van der Waals surface area contributed by atoms with Crippen molar-refractivity contribution in [1.82, 2.24) is 19.5 Å². The highest BCUT2D eigenvalue weighted by molar-refractivity contribution is 6.25. The predicted molar refractivity (Wildman–Crippen MR) is 208 cm³/mol. The molecule has 0 saturated heterocycles. The Bertz CT molecular complexity index is 2870. The van der Waals surface area contributed by atoms with E-state index >= 15 is 0 Å². The van der Waals surface area contributed by atoms with E-state index in [9.17, 15) is 0 Å². The van der Waals surface area contributed by atoms with E-state index in [-0.39, 0.29) is 0 Å². The topological polar surface area (TPSA) is 43.6 Å². The maximum Gasteiger partial charge on any atom is 0.164 e. The first kappa shape index (κ1) is 28.4. The number of nitrogens with zero attached hydrogens (tertiary/aromatic N) is 4. The SMILES string of the molecule is Cc1cccc(-c2nc(-c3cccc(-n4c5ccccc5c5ccccc54)c3)nc(-c3ccc4c5ccccc5c5ccccc5c4c3)n2)c1. The van der Waals surface area contributed by atoms with Crippen LogP contribution >= 0.6 is 0 Å². The standard InChI is InChI=1S/C46H30N4/c1-29-12-10-13-30(26-29)44-47-45(31-14-11-15-33(27-31)50-42-22-8-6-20-39(42)40-21-7-9-23-43(40)50)49-46(48-44)32-24-25-38-36-18-3-2-16-34(36)35-17-4-5-19-37(35)41(38)28-32/h2-28H,1H3. The van der Waals surface area contributed by atoms with Gasteiger partial charge in [0, 0.05) is 33.2 Å². The molecule has 0 saturated carbocycles. The quantitative estimate of drug-likeness (QED) is 0.180. The fourth-order valence-corrected chi connectivity index (χ4v) is 7.58. The summed E-state index contributed by atoms with van der Waals surface area (Å²) < 4.78 is 2.33. The Morgan fingerprint density at radius 1 is 0.340 bits per heavy atom. The molecule has 0 aliphatic carbocycles. The van der Waals surface area contributed by atoms with Gasteiger partial charge in [-0.05, 0) is 75.6 Å². The first-order valence-electron chi connectivity index (χ1n) is 17.0. The summed E-state index contributed by atoms with van der Waals surface area (Å²) in [5, 5.41) is 9.83. The largest absolute Gasteiger partial charge is 0.309 e. The van der Waals surface area contributed by atoms with Crippen molar-refractivity contribution in [2.75, 3.05) is 0 Å². The zero-order chi connectivity index (χ0) is 33.2. The van der Waals surface area contributed by atoms with Crippen LogP contribution in [0.2, 0.25) is 0 Å². The number of rotatable bonds is 4. The Hall–Kier alpha value is -6.65. The monoisotopic (exact) mass is 638 g/mol. The lowest BCUT2D eigenvalue weighted by Crippen LogP contribution is -2.01. The van der Waals surface area contributed by atoms with Crippen molar-refractivity contribution in [3.8, 4) is 39.9 Å². The van der Waals surface area contributed by atoms with Crippen LogP contribution in [-0.2, 0) is 0 Å². The molecule has 50 heavy (non-hydrogen) atoms. The third-order valence-electron chi connectivity index (χ3n) is 9.86. The minimum atomic E-state index is 0.637. The van der Waals surface area contributed by atoms with E-state index in [1.54, 1.807) is 0 Å². The molecule has 0 aliphatic heterocycles. The van der Waals surface area contributed by atoms with Crippen molar-refractivity contribution in [2.45, 2.75) is 6.92 Å². The Morgan fingerprint density at radius 3 is 1.34 bits per heavy atom. The summed E-state index contributed by atoms with van der Waals surface area (Å²) in [7, 11) is 0. The Balaban J connectivity index is 1.20. The van der Waals surface area contributed by atoms with Gasteiger partial charge in [-0.2, -0.15) is 0 Å². The number of hydrogen-bond donors (Lipinski definition) is 0. The third-order valence-corrected chi connectivity index (χ3v) is 9.86. The van der Waals surface area contributed by atoms with Crippen molar-refractivity contribution in [3.05, 3.63) is 169 Å². The van der Waals surface area contributed by atoms with Gasteiger partial charge < -0.3 is 4.57 Å². The van der Waals surface area contributed by atoms with Gasteiger partial charge in [0.2, 0.25) is 0 Å². The van der Waals surface area contributed by atoms with Crippen LogP contribution in [0.4, 0.5) is 0 Å². The molecule has 0 fully saturated rings. The number of hydrogen-bond acceptors (Lipinski definition) is 3. The Kier molecular flexibility index (Phi) is 6.36. The van der Waals surface area contributed by atoms with E-state index in [0.29, 0.717) is 17.5 Å². The summed E-state index contributed by atoms with van der Waals surface area (Å²) >= 11 is 0. The molecule has 10 aromatic rings. The predicted octanol–water partition coefficient (Wildman–Crippen LogP) is 11.7. The molecule has 0 aliphatic rings. The molecule has 4 nitrogen and oxygen atoms in total. The summed E-state index contributed by atoms with van der Waals surface area (Å²) in [5.74, 6) is 1.94. The molecule has 10 rings (SSSR count). The summed E-state index contributed by atoms with van der Waals surface area (Å²) in [6.45, 7) is 2.10. The highest BCUT2D eigenvalue weighted by atomic mass is 15.0. The number of fused-ring (bicyclic) bond motifs is 9. The van der Waals surface area contributed by atoms with Gasteiger partial charge >= 0.3 is 0 Å². The van der Waals surface area contributed by atoms with Crippen molar-refractivity contribution in [3.63, 3.8) is 0 Å². The summed E-state index contributed by atoms with van der Waals surface area (Å²) in [4.78, 5) is 15.4. The fourth-order valence-electron chi connectivity index (χ4n) is 7.58. The van der Waals surface area contributed by atoms with Gasteiger partial charge in [-0.3, -0.25) is 0 Å². The number of aryl methyl sites for hydroxylation is 1. The molecule has 0 bridgehead atoms. The first-order chi connectivity index (χ1) is 24.7. The number of benzene rings is 8. The maximum atomic E-state index is 5.19. The van der Waals surface area contributed by atoms with Gasteiger partial charge in [0.05, 0.1) is 11.0 Å². The van der Waals surface area contributed by atoms with Crippen LogP contribution in [0.15, 0.2) is 164 Å². The molecule has 0 spiro atoms. The lowest BCUT2D eigenvalue weighted by molar-refractivity contribution is 1.07. The summed E-state index contributed by atoms with van der Waals surface area (Å²) in [6.07, 6.45) is 0. The molecule has 8 aromatic carbocycles. The smallest absolute Gasteiger partial charge is 0.164 e. The summed E-state index contributed by atoms with van der Waals surface area (Å²) in [6, 6.07) is 58.0. The fraction of sp³-hybridized carbons (Fsp3) is 0.0217. The Labute approximate surface area is 289 Å². The maximum absolute atomic E-state index is 5.19. The van der Waals surface area contributed by atoms with Gasteiger partial charge in [-0.15, -0.1) is 0 Å². The van der Waals surface area contributed by atoms with E-state index in [1.165, 1.54) is 54.1 Å². The van der Waals surface area contributed by atoms with Crippen molar-refractivity contribution >= 4 is 54.1 Å². The number of aromatic nitrogens is 4. The average Bonchev–Trinajstić information content (AvgIpc) is 3.52. The zero-order valence-corrected chi connectivity index (χ0v) is 27.4. The van der Waals surface area contributed by atoms with Crippen LogP contribution in [0.3, 0.4) is 0 Å². The minimum Gasteiger partial charge on any atom is -0.309 e. The van der Waals surface area contributed by atoms with Gasteiger partial charge in [-0.25, -0.2) is 15.0 Å². The van der Waals surface area contributed by atoms with Crippen LogP contribution < -0.4 is 0 Å². The minimum absolute atomic E-state index is 0.637. The highest BCUT2D eigenvalue weighted by Crippen LogP contribution is 2.38. The van der Waals surface area contributed by atoms with Crippen LogP contribution in [0.5, 0.6) is 0 Å². The van der Waals surface area contributed by atoms with Crippen LogP contribution in [0.25, 0.3) is 94.0 Å². The molecule has 2 heterocycles. The first-order valence-corrected chi connectivity index (χ1v) is 17.0. The normalized spacial score (nSPS) is 11.7. The lowest BCUT2D eigenvalue weighted by atomic mass is 9.93. The average molecular weight is 639 g/mol. The van der Waals surface area contributed by atoms with E-state index < -0.39 is 0 Å². The van der Waals surface area contributed by atoms with E-state index in [4.69, 9.17) is 15.0 Å². The van der Waals surface area contributed by atoms with E-state index in [0.717, 1.165) is 27.9 Å². The molecule has 2 aromatic heterocycles. The molecule has 4 heteroatoms. The molecule has 0 atom stereocenters.